The fraction of sp³-hybridized carbons (Fsp3) is 0.171. The second kappa shape index (κ2) is 16.1. The van der Waals surface area contributed by atoms with Gasteiger partial charge >= 0.3 is 0 Å². The summed E-state index contributed by atoms with van der Waals surface area (Å²) in [6, 6.07) is 30.2. The first kappa shape index (κ1) is 38.8. The molecule has 0 bridgehead atoms. The molecule has 0 aliphatic carbocycles. The van der Waals surface area contributed by atoms with Crippen LogP contribution >= 0.6 is 50.7 Å². The quantitative estimate of drug-likeness (QED) is 0.145. The van der Waals surface area contributed by atoms with E-state index in [4.69, 9.17) is 48.3 Å². The van der Waals surface area contributed by atoms with Gasteiger partial charge in [-0.25, -0.2) is 0 Å². The number of hydrazone groups is 1. The van der Waals surface area contributed by atoms with Gasteiger partial charge < -0.3 is 0 Å². The monoisotopic (exact) mass is 852 g/mol. The van der Waals surface area contributed by atoms with Crippen molar-refractivity contribution >= 4 is 99.0 Å². The number of nitrogens with one attached hydrogen (secondary N) is 1. The third-order valence-corrected chi connectivity index (χ3v) is 11.4. The first-order valence-corrected chi connectivity index (χ1v) is 20.1. The number of nitrogens with zero attached hydrogens (tertiary/aromatic N) is 3. The SMILES string of the molecule is CC(C)OS(=O)(=O)c1ccc2ccccc2c1S(=O)(=O)OC(C)C.Clc1cc(Cl)c(N2NC(c3ccc(Br)cc3)=NN2c2ccccc2)c(Cl)c1. The average Bonchev–Trinajstić information content (AvgIpc) is 3.48. The molecule has 0 amide bonds. The number of benzene rings is 5. The van der Waals surface area contributed by atoms with Gasteiger partial charge in [0.05, 0.1) is 27.9 Å². The Bertz CT molecular complexity index is 2270. The average molecular weight is 855 g/mol. The van der Waals surface area contributed by atoms with Gasteiger partial charge in [-0.05, 0) is 75.5 Å². The minimum atomic E-state index is -4.29. The van der Waals surface area contributed by atoms with E-state index in [0.29, 0.717) is 32.0 Å². The van der Waals surface area contributed by atoms with Crippen LogP contribution in [0, 0.1) is 0 Å². The predicted octanol–water partition coefficient (Wildman–Crippen LogP) is 9.58. The van der Waals surface area contributed by atoms with E-state index in [0.717, 1.165) is 15.7 Å². The Labute approximate surface area is 320 Å². The van der Waals surface area contributed by atoms with E-state index >= 15 is 0 Å². The number of para-hydroxylation sites is 1. The standard InChI is InChI=1S/C19H12BrCl3N4.C16H20O6S2/c20-13-8-6-12(7-9-13)19-24-26(15-4-2-1-3-5-15)27(25-19)18-16(22)10-14(21)11-17(18)23;1-11(2)21-23(17,18)15-10-9-13-7-5-6-8-14(13)16(15)24(19,20)22-12(3)4/h1-11H,(H,24,25);5-12H,1-4H3. The summed E-state index contributed by atoms with van der Waals surface area (Å²) in [5.74, 6) is 0.661. The zero-order valence-electron chi connectivity index (χ0n) is 27.6. The Morgan fingerprint density at radius 1 is 0.725 bits per heavy atom. The molecule has 5 aromatic rings. The lowest BCUT2D eigenvalue weighted by Crippen LogP contribution is -2.45. The molecule has 0 spiro atoms. The largest absolute Gasteiger partial charge is 0.299 e. The Morgan fingerprint density at radius 2 is 1.29 bits per heavy atom. The molecular formula is C35H32BrCl3N4O6S2. The lowest BCUT2D eigenvalue weighted by Gasteiger charge is -2.29. The topological polar surface area (TPSA) is 118 Å². The molecule has 1 aliphatic rings. The molecule has 1 aliphatic heterocycles. The summed E-state index contributed by atoms with van der Waals surface area (Å²) in [5, 5.41) is 10.3. The summed E-state index contributed by atoms with van der Waals surface area (Å²) in [6.45, 7) is 6.22. The van der Waals surface area contributed by atoms with Crippen LogP contribution in [0.15, 0.2) is 122 Å². The van der Waals surface area contributed by atoms with Crippen LogP contribution < -0.4 is 15.7 Å². The molecule has 51 heavy (non-hydrogen) atoms. The molecule has 5 aromatic carbocycles. The second-order valence-corrected chi connectivity index (χ2v) is 16.8. The Balaban J connectivity index is 0.000000199. The van der Waals surface area contributed by atoms with Crippen molar-refractivity contribution in [3.05, 3.63) is 128 Å². The molecule has 1 heterocycles. The summed E-state index contributed by atoms with van der Waals surface area (Å²) in [7, 11) is -8.55. The summed E-state index contributed by atoms with van der Waals surface area (Å²) in [6.07, 6.45) is -1.25. The van der Waals surface area contributed by atoms with Gasteiger partial charge in [-0.2, -0.15) is 27.1 Å². The van der Waals surface area contributed by atoms with Crippen molar-refractivity contribution in [2.75, 3.05) is 10.2 Å². The Kier molecular flexibility index (Phi) is 12.2. The molecule has 10 nitrogen and oxygen atoms in total. The third kappa shape index (κ3) is 9.16. The highest BCUT2D eigenvalue weighted by Crippen LogP contribution is 2.39. The fourth-order valence-electron chi connectivity index (χ4n) is 4.95. The van der Waals surface area contributed by atoms with E-state index < -0.39 is 42.2 Å². The number of hydrogen-bond acceptors (Lipinski definition) is 10. The first-order chi connectivity index (χ1) is 24.1. The van der Waals surface area contributed by atoms with Crippen LogP contribution in [-0.2, 0) is 28.6 Å². The molecular weight excluding hydrogens is 823 g/mol. The molecule has 268 valence electrons. The van der Waals surface area contributed by atoms with Crippen LogP contribution in [0.25, 0.3) is 10.8 Å². The summed E-state index contributed by atoms with van der Waals surface area (Å²) in [4.78, 5) is -0.814. The summed E-state index contributed by atoms with van der Waals surface area (Å²) < 4.78 is 61.3. The van der Waals surface area contributed by atoms with Gasteiger partial charge in [0.2, 0.25) is 0 Å². The first-order valence-electron chi connectivity index (χ1n) is 15.4. The van der Waals surface area contributed by atoms with Crippen molar-refractivity contribution in [1.29, 1.82) is 0 Å². The number of halogens is 4. The van der Waals surface area contributed by atoms with Gasteiger partial charge in [0.25, 0.3) is 20.2 Å². The predicted molar refractivity (Wildman–Crippen MR) is 207 cm³/mol. The van der Waals surface area contributed by atoms with Crippen molar-refractivity contribution in [3.63, 3.8) is 0 Å². The zero-order valence-corrected chi connectivity index (χ0v) is 33.1. The molecule has 6 rings (SSSR count). The maximum Gasteiger partial charge on any atom is 0.299 e. The van der Waals surface area contributed by atoms with E-state index in [1.165, 1.54) is 6.07 Å². The van der Waals surface area contributed by atoms with Gasteiger partial charge in [-0.3, -0.25) is 13.8 Å². The van der Waals surface area contributed by atoms with E-state index in [-0.39, 0.29) is 5.39 Å². The molecule has 0 aromatic heterocycles. The minimum Gasteiger partial charge on any atom is -0.264 e. The summed E-state index contributed by atoms with van der Waals surface area (Å²) >= 11 is 22.4. The van der Waals surface area contributed by atoms with Crippen LogP contribution in [0.4, 0.5) is 11.4 Å². The Morgan fingerprint density at radius 3 is 1.90 bits per heavy atom. The fourth-order valence-corrected chi connectivity index (χ4v) is 9.35. The van der Waals surface area contributed by atoms with E-state index in [2.05, 4.69) is 21.4 Å². The highest BCUT2D eigenvalue weighted by Gasteiger charge is 2.32. The van der Waals surface area contributed by atoms with Crippen molar-refractivity contribution in [2.45, 2.75) is 49.7 Å². The number of amidine groups is 1. The van der Waals surface area contributed by atoms with Gasteiger partial charge in [0.1, 0.15) is 15.5 Å². The van der Waals surface area contributed by atoms with Gasteiger partial charge in [0.15, 0.2) is 5.84 Å². The Hall–Kier alpha value is -3.40. The second-order valence-electron chi connectivity index (χ2n) is 11.5. The van der Waals surface area contributed by atoms with Crippen molar-refractivity contribution < 1.29 is 25.2 Å². The number of rotatable bonds is 9. The minimum absolute atomic E-state index is 0.270. The van der Waals surface area contributed by atoms with Crippen molar-refractivity contribution in [3.8, 4) is 0 Å². The normalized spacial score (nSPS) is 13.3. The maximum absolute atomic E-state index is 12.7. The lowest BCUT2D eigenvalue weighted by atomic mass is 10.1. The van der Waals surface area contributed by atoms with Crippen LogP contribution in [-0.4, -0.2) is 34.9 Å². The smallest absolute Gasteiger partial charge is 0.264 e. The van der Waals surface area contributed by atoms with Gasteiger partial charge in [-0.15, -0.1) is 5.10 Å². The molecule has 0 fully saturated rings. The number of hydrogen-bond donors (Lipinski definition) is 1. The molecule has 1 N–H and O–H groups in total. The zero-order chi connectivity index (χ0) is 37.1. The van der Waals surface area contributed by atoms with Crippen molar-refractivity contribution in [2.24, 2.45) is 5.10 Å². The molecule has 0 unspecified atom stereocenters. The van der Waals surface area contributed by atoms with Crippen LogP contribution in [0.3, 0.4) is 0 Å². The molecule has 0 atom stereocenters. The number of hydrazine groups is 2. The summed E-state index contributed by atoms with van der Waals surface area (Å²) in [5.41, 5.74) is 5.60. The maximum atomic E-state index is 12.7. The van der Waals surface area contributed by atoms with Gasteiger partial charge in [0, 0.05) is 20.4 Å². The van der Waals surface area contributed by atoms with Crippen LogP contribution in [0.2, 0.25) is 15.1 Å². The van der Waals surface area contributed by atoms with Crippen molar-refractivity contribution in [1.82, 2.24) is 5.43 Å². The van der Waals surface area contributed by atoms with E-state index in [1.807, 2.05) is 54.6 Å². The number of fused-ring (bicyclic) bond motifs is 1. The molecule has 0 radical (unpaired) electrons. The molecule has 16 heteroatoms. The highest BCUT2D eigenvalue weighted by atomic mass is 79.9. The van der Waals surface area contributed by atoms with E-state index in [1.54, 1.807) is 80.4 Å². The van der Waals surface area contributed by atoms with Crippen LogP contribution in [0.1, 0.15) is 33.3 Å². The highest BCUT2D eigenvalue weighted by molar-refractivity contribution is 9.10. The molecule has 0 saturated carbocycles. The number of anilines is 2. The molecule has 0 saturated heterocycles. The van der Waals surface area contributed by atoms with E-state index in [9.17, 15) is 16.8 Å². The van der Waals surface area contributed by atoms with Crippen LogP contribution in [0.5, 0.6) is 0 Å². The van der Waals surface area contributed by atoms with Gasteiger partial charge in [-0.1, -0.05) is 111 Å². The third-order valence-electron chi connectivity index (χ3n) is 6.90. The lowest BCUT2D eigenvalue weighted by molar-refractivity contribution is 0.242.